The first-order valence-electron chi connectivity index (χ1n) is 5.99. The van der Waals surface area contributed by atoms with Crippen molar-refractivity contribution in [1.82, 2.24) is 9.88 Å². The van der Waals surface area contributed by atoms with E-state index in [1.165, 1.54) is 18.3 Å². The Bertz CT molecular complexity index is 470. The molecule has 1 amide bonds. The highest BCUT2D eigenvalue weighted by atomic mass is 16.4. The summed E-state index contributed by atoms with van der Waals surface area (Å²) in [5, 5.41) is 8.77. The van der Waals surface area contributed by atoms with E-state index in [9.17, 15) is 9.59 Å². The van der Waals surface area contributed by atoms with Crippen LogP contribution in [0.3, 0.4) is 0 Å². The van der Waals surface area contributed by atoms with Crippen molar-refractivity contribution in [2.45, 2.75) is 26.3 Å². The molecule has 2 rings (SSSR count). The lowest BCUT2D eigenvalue weighted by Gasteiger charge is -2.20. The fourth-order valence-electron chi connectivity index (χ4n) is 2.38. The zero-order valence-electron chi connectivity index (χ0n) is 10.5. The summed E-state index contributed by atoms with van der Waals surface area (Å²) in [6.07, 6.45) is 2.22. The quantitative estimate of drug-likeness (QED) is 0.863. The molecule has 2 atom stereocenters. The van der Waals surface area contributed by atoms with E-state index in [1.807, 2.05) is 6.92 Å². The number of carbonyl (C=O) groups excluding carboxylic acids is 1. The molecule has 1 saturated heterocycles. The van der Waals surface area contributed by atoms with Crippen LogP contribution in [0, 0.1) is 5.92 Å². The highest BCUT2D eigenvalue weighted by Gasteiger charge is 2.31. The molecule has 1 aromatic heterocycles. The number of hydrogen-bond acceptors (Lipinski definition) is 3. The number of likely N-dealkylation sites (tertiary alicyclic amines) is 1. The van der Waals surface area contributed by atoms with Crippen LogP contribution in [0.2, 0.25) is 0 Å². The average molecular weight is 248 g/mol. The van der Waals surface area contributed by atoms with Gasteiger partial charge in [0.25, 0.3) is 5.91 Å². The molecule has 1 N–H and O–H groups in total. The van der Waals surface area contributed by atoms with Crippen LogP contribution < -0.4 is 0 Å². The number of carboxylic acid groups (broad SMARTS) is 1. The van der Waals surface area contributed by atoms with Gasteiger partial charge in [-0.15, -0.1) is 0 Å². The van der Waals surface area contributed by atoms with Crippen molar-refractivity contribution < 1.29 is 14.7 Å². The zero-order chi connectivity index (χ0) is 13.3. The summed E-state index contributed by atoms with van der Waals surface area (Å²) < 4.78 is 0. The molecule has 0 radical (unpaired) electrons. The van der Waals surface area contributed by atoms with Gasteiger partial charge in [0, 0.05) is 18.8 Å². The SMILES string of the molecule is CC1CC(C)N(C(=O)c2ccc(C(=O)O)cn2)C1. The van der Waals surface area contributed by atoms with Crippen LogP contribution >= 0.6 is 0 Å². The Morgan fingerprint density at radius 3 is 2.56 bits per heavy atom. The first kappa shape index (κ1) is 12.5. The predicted molar refractivity (Wildman–Crippen MR) is 65.5 cm³/mol. The monoisotopic (exact) mass is 248 g/mol. The van der Waals surface area contributed by atoms with Crippen LogP contribution in [0.25, 0.3) is 0 Å². The minimum atomic E-state index is -1.04. The Morgan fingerprint density at radius 1 is 1.39 bits per heavy atom. The molecule has 0 saturated carbocycles. The van der Waals surface area contributed by atoms with Crippen LogP contribution in [0.1, 0.15) is 41.1 Å². The minimum absolute atomic E-state index is 0.0920. The first-order chi connectivity index (χ1) is 8.49. The first-order valence-corrected chi connectivity index (χ1v) is 5.99. The van der Waals surface area contributed by atoms with Gasteiger partial charge in [-0.2, -0.15) is 0 Å². The molecule has 0 aromatic carbocycles. The number of amides is 1. The van der Waals surface area contributed by atoms with Crippen molar-refractivity contribution in [3.05, 3.63) is 29.6 Å². The zero-order valence-corrected chi connectivity index (χ0v) is 10.5. The second kappa shape index (κ2) is 4.76. The van der Waals surface area contributed by atoms with E-state index in [2.05, 4.69) is 11.9 Å². The Balaban J connectivity index is 2.16. The fourth-order valence-corrected chi connectivity index (χ4v) is 2.38. The van der Waals surface area contributed by atoms with Gasteiger partial charge in [-0.1, -0.05) is 6.92 Å². The van der Waals surface area contributed by atoms with Gasteiger partial charge in [0.05, 0.1) is 5.56 Å². The summed E-state index contributed by atoms with van der Waals surface area (Å²) in [6.45, 7) is 4.88. The number of pyridine rings is 1. The molecule has 1 aliphatic rings. The molecule has 0 bridgehead atoms. The van der Waals surface area contributed by atoms with E-state index in [0.717, 1.165) is 13.0 Å². The maximum atomic E-state index is 12.2. The fraction of sp³-hybridized carbons (Fsp3) is 0.462. The van der Waals surface area contributed by atoms with Crippen LogP contribution in [-0.4, -0.2) is 39.5 Å². The molecular weight excluding hydrogens is 232 g/mol. The van der Waals surface area contributed by atoms with E-state index in [-0.39, 0.29) is 17.5 Å². The van der Waals surface area contributed by atoms with Crippen LogP contribution in [-0.2, 0) is 0 Å². The number of rotatable bonds is 2. The van der Waals surface area contributed by atoms with E-state index in [0.29, 0.717) is 11.6 Å². The molecule has 18 heavy (non-hydrogen) atoms. The number of hydrogen-bond donors (Lipinski definition) is 1. The standard InChI is InChI=1S/C13H16N2O3/c1-8-5-9(2)15(7-8)12(16)11-4-3-10(6-14-11)13(17)18/h3-4,6,8-9H,5,7H2,1-2H3,(H,17,18). The molecule has 96 valence electrons. The molecule has 2 unspecified atom stereocenters. The lowest BCUT2D eigenvalue weighted by Crippen LogP contribution is -2.34. The van der Waals surface area contributed by atoms with Gasteiger partial charge in [0.2, 0.25) is 0 Å². The second-order valence-corrected chi connectivity index (χ2v) is 4.88. The summed E-state index contributed by atoms with van der Waals surface area (Å²) in [5.74, 6) is -0.657. The van der Waals surface area contributed by atoms with Crippen LogP contribution in [0.4, 0.5) is 0 Å². The van der Waals surface area contributed by atoms with E-state index >= 15 is 0 Å². The predicted octanol–water partition coefficient (Wildman–Crippen LogP) is 1.65. The molecule has 0 aliphatic carbocycles. The van der Waals surface area contributed by atoms with Crippen molar-refractivity contribution in [3.63, 3.8) is 0 Å². The van der Waals surface area contributed by atoms with E-state index in [1.54, 1.807) is 4.90 Å². The molecule has 5 nitrogen and oxygen atoms in total. The van der Waals surface area contributed by atoms with Gasteiger partial charge < -0.3 is 10.0 Å². The molecule has 5 heteroatoms. The number of carbonyl (C=O) groups is 2. The molecule has 1 aliphatic heterocycles. The summed E-state index contributed by atoms with van der Waals surface area (Å²) in [5.41, 5.74) is 0.398. The van der Waals surface area contributed by atoms with Crippen molar-refractivity contribution in [2.24, 2.45) is 5.92 Å². The van der Waals surface area contributed by atoms with Gasteiger partial charge in [0.1, 0.15) is 5.69 Å². The summed E-state index contributed by atoms with van der Waals surface area (Å²) in [7, 11) is 0. The normalized spacial score (nSPS) is 23.1. The summed E-state index contributed by atoms with van der Waals surface area (Å²) in [4.78, 5) is 28.6. The molecule has 0 spiro atoms. The lowest BCUT2D eigenvalue weighted by molar-refractivity contribution is 0.0691. The van der Waals surface area contributed by atoms with Crippen molar-refractivity contribution >= 4 is 11.9 Å². The summed E-state index contributed by atoms with van der Waals surface area (Å²) in [6, 6.07) is 3.10. The maximum absolute atomic E-state index is 12.2. The molecule has 1 aromatic rings. The Morgan fingerprint density at radius 2 is 2.11 bits per heavy atom. The highest BCUT2D eigenvalue weighted by Crippen LogP contribution is 2.23. The van der Waals surface area contributed by atoms with Gasteiger partial charge in [-0.05, 0) is 31.4 Å². The number of nitrogens with zero attached hydrogens (tertiary/aromatic N) is 2. The molecule has 2 heterocycles. The number of aromatic nitrogens is 1. The largest absolute Gasteiger partial charge is 0.478 e. The number of aromatic carboxylic acids is 1. The summed E-state index contributed by atoms with van der Waals surface area (Å²) >= 11 is 0. The minimum Gasteiger partial charge on any atom is -0.478 e. The Hall–Kier alpha value is -1.91. The van der Waals surface area contributed by atoms with Gasteiger partial charge in [-0.25, -0.2) is 4.79 Å². The van der Waals surface area contributed by atoms with Gasteiger partial charge in [0.15, 0.2) is 0 Å². The van der Waals surface area contributed by atoms with Crippen molar-refractivity contribution in [1.29, 1.82) is 0 Å². The Labute approximate surface area is 105 Å². The highest BCUT2D eigenvalue weighted by molar-refractivity contribution is 5.94. The molecule has 1 fully saturated rings. The second-order valence-electron chi connectivity index (χ2n) is 4.88. The lowest BCUT2D eigenvalue weighted by atomic mass is 10.1. The third-order valence-electron chi connectivity index (χ3n) is 3.27. The third-order valence-corrected chi connectivity index (χ3v) is 3.27. The average Bonchev–Trinajstić information content (AvgIpc) is 2.67. The topological polar surface area (TPSA) is 70.5 Å². The number of carboxylic acids is 1. The molecular formula is C13H16N2O3. The third kappa shape index (κ3) is 2.34. The van der Waals surface area contributed by atoms with Crippen LogP contribution in [0.15, 0.2) is 18.3 Å². The smallest absolute Gasteiger partial charge is 0.337 e. The van der Waals surface area contributed by atoms with Crippen molar-refractivity contribution in [3.8, 4) is 0 Å². The Kier molecular flexibility index (Phi) is 3.32. The van der Waals surface area contributed by atoms with E-state index < -0.39 is 5.97 Å². The van der Waals surface area contributed by atoms with Gasteiger partial charge in [-0.3, -0.25) is 9.78 Å². The van der Waals surface area contributed by atoms with Gasteiger partial charge >= 0.3 is 5.97 Å². The van der Waals surface area contributed by atoms with E-state index in [4.69, 9.17) is 5.11 Å². The van der Waals surface area contributed by atoms with Crippen LogP contribution in [0.5, 0.6) is 0 Å². The van der Waals surface area contributed by atoms with Crippen molar-refractivity contribution in [2.75, 3.05) is 6.54 Å². The maximum Gasteiger partial charge on any atom is 0.337 e.